The van der Waals surface area contributed by atoms with Gasteiger partial charge in [0.05, 0.1) is 5.92 Å². The van der Waals surface area contributed by atoms with Gasteiger partial charge >= 0.3 is 5.97 Å². The minimum Gasteiger partial charge on any atom is -0.489 e. The molecule has 0 aliphatic carbocycles. The second kappa shape index (κ2) is 7.17. The molecule has 5 nitrogen and oxygen atoms in total. The number of benzene rings is 2. The summed E-state index contributed by atoms with van der Waals surface area (Å²) < 4.78 is 5.67. The molecule has 5 heteroatoms. The molecule has 0 spiro atoms. The van der Waals surface area contributed by atoms with Crippen LogP contribution in [0.15, 0.2) is 54.6 Å². The molecule has 1 saturated heterocycles. The predicted octanol–water partition coefficient (Wildman–Crippen LogP) is 2.81. The molecule has 0 aromatic heterocycles. The third kappa shape index (κ3) is 3.74. The number of likely N-dealkylation sites (tertiary alicyclic amines) is 1. The lowest BCUT2D eigenvalue weighted by atomic mass is 10.1. The maximum absolute atomic E-state index is 12.4. The van der Waals surface area contributed by atoms with E-state index in [1.165, 1.54) is 0 Å². The van der Waals surface area contributed by atoms with E-state index >= 15 is 0 Å². The van der Waals surface area contributed by atoms with Gasteiger partial charge in [0.1, 0.15) is 12.4 Å². The number of carbonyl (C=O) groups is 2. The molecule has 124 valence electrons. The number of aliphatic carboxylic acids is 1. The van der Waals surface area contributed by atoms with Crippen LogP contribution < -0.4 is 4.74 Å². The molecule has 0 saturated carbocycles. The van der Waals surface area contributed by atoms with E-state index in [0.717, 1.165) is 11.3 Å². The van der Waals surface area contributed by atoms with Crippen LogP contribution in [0.3, 0.4) is 0 Å². The molecule has 1 N–H and O–H groups in total. The number of carboxylic acids is 1. The lowest BCUT2D eigenvalue weighted by Gasteiger charge is -2.16. The molecule has 3 rings (SSSR count). The third-order valence-electron chi connectivity index (χ3n) is 4.17. The molecule has 1 aliphatic rings. The maximum atomic E-state index is 12.4. The van der Waals surface area contributed by atoms with Crippen LogP contribution in [-0.2, 0) is 11.4 Å². The van der Waals surface area contributed by atoms with Gasteiger partial charge in [-0.05, 0) is 36.2 Å². The van der Waals surface area contributed by atoms with Crippen molar-refractivity contribution in [1.82, 2.24) is 4.90 Å². The first-order valence-electron chi connectivity index (χ1n) is 7.92. The van der Waals surface area contributed by atoms with Crippen molar-refractivity contribution in [3.8, 4) is 5.75 Å². The lowest BCUT2D eigenvalue weighted by Crippen LogP contribution is -2.29. The molecule has 0 radical (unpaired) electrons. The van der Waals surface area contributed by atoms with E-state index in [1.807, 2.05) is 42.5 Å². The van der Waals surface area contributed by atoms with E-state index in [9.17, 15) is 9.59 Å². The number of hydrogen-bond acceptors (Lipinski definition) is 3. The van der Waals surface area contributed by atoms with Gasteiger partial charge in [-0.1, -0.05) is 30.3 Å². The van der Waals surface area contributed by atoms with Crippen LogP contribution in [0.5, 0.6) is 5.75 Å². The topological polar surface area (TPSA) is 66.8 Å². The van der Waals surface area contributed by atoms with Gasteiger partial charge in [-0.3, -0.25) is 9.59 Å². The average Bonchev–Trinajstić information content (AvgIpc) is 3.11. The maximum Gasteiger partial charge on any atom is 0.308 e. The molecule has 1 amide bonds. The molecule has 2 aromatic carbocycles. The molecule has 1 heterocycles. The zero-order valence-electron chi connectivity index (χ0n) is 13.2. The van der Waals surface area contributed by atoms with Crippen molar-refractivity contribution in [3.05, 3.63) is 65.7 Å². The van der Waals surface area contributed by atoms with Crippen LogP contribution in [0.25, 0.3) is 0 Å². The van der Waals surface area contributed by atoms with Gasteiger partial charge in [0.2, 0.25) is 0 Å². The predicted molar refractivity (Wildman–Crippen MR) is 88.9 cm³/mol. The summed E-state index contributed by atoms with van der Waals surface area (Å²) in [6, 6.07) is 16.8. The van der Waals surface area contributed by atoms with E-state index in [1.54, 1.807) is 17.0 Å². The van der Waals surface area contributed by atoms with Gasteiger partial charge in [0.15, 0.2) is 0 Å². The van der Waals surface area contributed by atoms with Crippen molar-refractivity contribution in [2.75, 3.05) is 13.1 Å². The van der Waals surface area contributed by atoms with Gasteiger partial charge in [-0.2, -0.15) is 0 Å². The Bertz CT molecular complexity index is 712. The second-order valence-electron chi connectivity index (χ2n) is 5.87. The number of carbonyl (C=O) groups excluding carboxylic acids is 1. The minimum absolute atomic E-state index is 0.116. The van der Waals surface area contributed by atoms with Crippen LogP contribution in [0, 0.1) is 5.92 Å². The highest BCUT2D eigenvalue weighted by Crippen LogP contribution is 2.19. The van der Waals surface area contributed by atoms with Crippen molar-refractivity contribution in [1.29, 1.82) is 0 Å². The number of rotatable bonds is 5. The number of amides is 1. The smallest absolute Gasteiger partial charge is 0.308 e. The highest BCUT2D eigenvalue weighted by molar-refractivity contribution is 5.94. The van der Waals surface area contributed by atoms with Gasteiger partial charge < -0.3 is 14.7 Å². The Morgan fingerprint density at radius 2 is 1.79 bits per heavy atom. The van der Waals surface area contributed by atoms with E-state index in [2.05, 4.69) is 0 Å². The first kappa shape index (κ1) is 16.1. The van der Waals surface area contributed by atoms with E-state index in [4.69, 9.17) is 9.84 Å². The van der Waals surface area contributed by atoms with E-state index < -0.39 is 11.9 Å². The van der Waals surface area contributed by atoms with Crippen LogP contribution >= 0.6 is 0 Å². The molecular weight excluding hydrogens is 306 g/mol. The Hall–Kier alpha value is -2.82. The zero-order valence-corrected chi connectivity index (χ0v) is 13.2. The molecule has 0 bridgehead atoms. The van der Waals surface area contributed by atoms with Crippen molar-refractivity contribution in [2.24, 2.45) is 5.92 Å². The largest absolute Gasteiger partial charge is 0.489 e. The highest BCUT2D eigenvalue weighted by Gasteiger charge is 2.31. The quantitative estimate of drug-likeness (QED) is 0.918. The Labute approximate surface area is 140 Å². The summed E-state index contributed by atoms with van der Waals surface area (Å²) in [7, 11) is 0. The van der Waals surface area contributed by atoms with Crippen molar-refractivity contribution < 1.29 is 19.4 Å². The number of carboxylic acid groups (broad SMARTS) is 1. The number of ether oxygens (including phenoxy) is 1. The van der Waals surface area contributed by atoms with Crippen LogP contribution in [0.4, 0.5) is 0 Å². The first-order chi connectivity index (χ1) is 11.6. The third-order valence-corrected chi connectivity index (χ3v) is 4.17. The summed E-state index contributed by atoms with van der Waals surface area (Å²) in [5.74, 6) is -0.602. The molecule has 1 atom stereocenters. The monoisotopic (exact) mass is 325 g/mol. The van der Waals surface area contributed by atoms with E-state index in [0.29, 0.717) is 25.1 Å². The van der Waals surface area contributed by atoms with E-state index in [-0.39, 0.29) is 12.5 Å². The summed E-state index contributed by atoms with van der Waals surface area (Å²) in [4.78, 5) is 25.0. The Balaban J connectivity index is 1.58. The number of hydrogen-bond donors (Lipinski definition) is 1. The second-order valence-corrected chi connectivity index (χ2v) is 5.87. The summed E-state index contributed by atoms with van der Waals surface area (Å²) in [6.07, 6.45) is 0.518. The van der Waals surface area contributed by atoms with Crippen molar-refractivity contribution in [2.45, 2.75) is 13.0 Å². The van der Waals surface area contributed by atoms with Gasteiger partial charge in [-0.25, -0.2) is 0 Å². The Morgan fingerprint density at radius 1 is 1.08 bits per heavy atom. The standard InChI is InChI=1S/C19H19NO4/c21-18(20-11-10-16(12-20)19(22)23)15-8-6-14(7-9-15)13-24-17-4-2-1-3-5-17/h1-9,16H,10-13H2,(H,22,23)/t16-/m1/s1. The number of para-hydroxylation sites is 1. The summed E-state index contributed by atoms with van der Waals surface area (Å²) in [6.45, 7) is 1.21. The fourth-order valence-corrected chi connectivity index (χ4v) is 2.76. The molecule has 1 fully saturated rings. The highest BCUT2D eigenvalue weighted by atomic mass is 16.5. The Kier molecular flexibility index (Phi) is 4.79. The average molecular weight is 325 g/mol. The van der Waals surface area contributed by atoms with Gasteiger partial charge in [-0.15, -0.1) is 0 Å². The first-order valence-corrected chi connectivity index (χ1v) is 7.92. The zero-order chi connectivity index (χ0) is 16.9. The summed E-state index contributed by atoms with van der Waals surface area (Å²) in [5, 5.41) is 9.02. The van der Waals surface area contributed by atoms with Gasteiger partial charge in [0, 0.05) is 18.7 Å². The SMILES string of the molecule is O=C(O)[C@@H]1CCN(C(=O)c2ccc(COc3ccccc3)cc2)C1. The van der Waals surface area contributed by atoms with Crippen molar-refractivity contribution >= 4 is 11.9 Å². The summed E-state index contributed by atoms with van der Waals surface area (Å²) >= 11 is 0. The molecule has 1 aliphatic heterocycles. The van der Waals surface area contributed by atoms with Crippen molar-refractivity contribution in [3.63, 3.8) is 0 Å². The molecular formula is C19H19NO4. The molecule has 0 unspecified atom stereocenters. The van der Waals surface area contributed by atoms with Crippen LogP contribution in [0.2, 0.25) is 0 Å². The molecule has 2 aromatic rings. The number of nitrogens with zero attached hydrogens (tertiary/aromatic N) is 1. The summed E-state index contributed by atoms with van der Waals surface area (Å²) in [5.41, 5.74) is 1.55. The minimum atomic E-state index is -0.835. The lowest BCUT2D eigenvalue weighted by molar-refractivity contribution is -0.141. The Morgan fingerprint density at radius 3 is 2.42 bits per heavy atom. The normalized spacial score (nSPS) is 16.8. The van der Waals surface area contributed by atoms with Crippen LogP contribution in [0.1, 0.15) is 22.3 Å². The fourth-order valence-electron chi connectivity index (χ4n) is 2.76. The molecule has 24 heavy (non-hydrogen) atoms. The van der Waals surface area contributed by atoms with Gasteiger partial charge in [0.25, 0.3) is 5.91 Å². The van der Waals surface area contributed by atoms with Crippen LogP contribution in [-0.4, -0.2) is 35.0 Å². The fraction of sp³-hybridized carbons (Fsp3) is 0.263.